The fourth-order valence-electron chi connectivity index (χ4n) is 2.45. The Kier molecular flexibility index (Phi) is 6.41. The summed E-state index contributed by atoms with van der Waals surface area (Å²) in [6.07, 6.45) is 2.77. The van der Waals surface area contributed by atoms with E-state index in [2.05, 4.69) is 0 Å². The van der Waals surface area contributed by atoms with Crippen LogP contribution in [0.25, 0.3) is 6.08 Å². The molecule has 144 valence electrons. The molecule has 0 aliphatic rings. The zero-order valence-corrected chi connectivity index (χ0v) is 16.8. The number of hydrogen-bond acceptors (Lipinski definition) is 5. The summed E-state index contributed by atoms with van der Waals surface area (Å²) < 4.78 is 36.5. The minimum Gasteiger partial charge on any atom is -0.495 e. The van der Waals surface area contributed by atoms with Gasteiger partial charge in [0.25, 0.3) is 0 Å². The molecule has 7 heteroatoms. The number of hydrogen-bond donors (Lipinski definition) is 0. The second-order valence-corrected chi connectivity index (χ2v) is 8.29. The van der Waals surface area contributed by atoms with Gasteiger partial charge in [0.1, 0.15) is 16.4 Å². The van der Waals surface area contributed by atoms with Gasteiger partial charge in [0, 0.05) is 20.2 Å². The Labute approximate surface area is 160 Å². The number of benzene rings is 2. The normalized spacial score (nSPS) is 11.8. The first-order valence-electron chi connectivity index (χ1n) is 8.23. The average molecular weight is 389 g/mol. The maximum Gasteiger partial charge on any atom is 0.336 e. The molecular formula is C20H23NO5S. The number of rotatable bonds is 6. The summed E-state index contributed by atoms with van der Waals surface area (Å²) in [7, 11) is 0.609. The Balaban J connectivity index is 2.28. The van der Waals surface area contributed by atoms with Gasteiger partial charge in [-0.2, -0.15) is 0 Å². The first kappa shape index (κ1) is 20.7. The predicted molar refractivity (Wildman–Crippen MR) is 104 cm³/mol. The third-order valence-electron chi connectivity index (χ3n) is 3.97. The molecule has 0 atom stereocenters. The summed E-state index contributed by atoms with van der Waals surface area (Å²) in [5, 5.41) is 0. The van der Waals surface area contributed by atoms with E-state index < -0.39 is 16.0 Å². The van der Waals surface area contributed by atoms with Crippen molar-refractivity contribution in [1.82, 2.24) is 4.31 Å². The van der Waals surface area contributed by atoms with E-state index in [0.29, 0.717) is 11.3 Å². The van der Waals surface area contributed by atoms with Crippen molar-refractivity contribution >= 4 is 22.1 Å². The highest BCUT2D eigenvalue weighted by molar-refractivity contribution is 7.89. The van der Waals surface area contributed by atoms with Crippen LogP contribution >= 0.6 is 0 Å². The Morgan fingerprint density at radius 3 is 2.26 bits per heavy atom. The van der Waals surface area contributed by atoms with E-state index in [4.69, 9.17) is 9.47 Å². The van der Waals surface area contributed by atoms with Crippen LogP contribution in [0.3, 0.4) is 0 Å². The van der Waals surface area contributed by atoms with Gasteiger partial charge in [-0.15, -0.1) is 0 Å². The Bertz CT molecular complexity index is 958. The number of ether oxygens (including phenoxy) is 2. The number of carbonyl (C=O) groups is 1. The van der Waals surface area contributed by atoms with Gasteiger partial charge in [0.05, 0.1) is 7.11 Å². The van der Waals surface area contributed by atoms with Gasteiger partial charge in [-0.05, 0) is 48.7 Å². The summed E-state index contributed by atoms with van der Waals surface area (Å²) in [6.45, 7) is 3.72. The minimum atomic E-state index is -3.68. The lowest BCUT2D eigenvalue weighted by atomic mass is 10.1. The number of carbonyl (C=O) groups excluding carboxylic acids is 1. The second kappa shape index (κ2) is 8.37. The third kappa shape index (κ3) is 4.75. The van der Waals surface area contributed by atoms with Crippen molar-refractivity contribution < 1.29 is 22.7 Å². The van der Waals surface area contributed by atoms with Crippen LogP contribution in [0.15, 0.2) is 47.4 Å². The summed E-state index contributed by atoms with van der Waals surface area (Å²) >= 11 is 0. The molecule has 2 aromatic rings. The van der Waals surface area contributed by atoms with Crippen LogP contribution < -0.4 is 9.47 Å². The topological polar surface area (TPSA) is 72.9 Å². The molecule has 0 unspecified atom stereocenters. The number of para-hydroxylation sites is 1. The molecule has 0 saturated carbocycles. The van der Waals surface area contributed by atoms with Crippen LogP contribution in [0, 0.1) is 13.8 Å². The maximum atomic E-state index is 12.4. The highest BCUT2D eigenvalue weighted by Gasteiger charge is 2.22. The van der Waals surface area contributed by atoms with Crippen molar-refractivity contribution in [3.05, 3.63) is 59.2 Å². The van der Waals surface area contributed by atoms with Crippen molar-refractivity contribution in [1.29, 1.82) is 0 Å². The van der Waals surface area contributed by atoms with E-state index in [1.54, 1.807) is 12.1 Å². The third-order valence-corrected chi connectivity index (χ3v) is 5.81. The van der Waals surface area contributed by atoms with Gasteiger partial charge in [0.2, 0.25) is 10.0 Å². The van der Waals surface area contributed by atoms with Crippen LogP contribution in [0.1, 0.15) is 16.7 Å². The quantitative estimate of drug-likeness (QED) is 0.431. The molecule has 0 heterocycles. The van der Waals surface area contributed by atoms with E-state index in [-0.39, 0.29) is 10.6 Å². The van der Waals surface area contributed by atoms with Crippen molar-refractivity contribution in [2.45, 2.75) is 18.7 Å². The van der Waals surface area contributed by atoms with Gasteiger partial charge >= 0.3 is 5.97 Å². The first-order chi connectivity index (χ1) is 12.7. The van der Waals surface area contributed by atoms with Gasteiger partial charge in [0.15, 0.2) is 0 Å². The molecule has 0 bridgehead atoms. The molecule has 0 saturated heterocycles. The summed E-state index contributed by atoms with van der Waals surface area (Å²) in [5.41, 5.74) is 2.26. The molecule has 0 aromatic heterocycles. The van der Waals surface area contributed by atoms with E-state index in [0.717, 1.165) is 15.4 Å². The maximum absolute atomic E-state index is 12.4. The highest BCUT2D eigenvalue weighted by Crippen LogP contribution is 2.27. The zero-order valence-electron chi connectivity index (χ0n) is 16.0. The Morgan fingerprint density at radius 2 is 1.70 bits per heavy atom. The van der Waals surface area contributed by atoms with E-state index in [1.807, 2.05) is 32.0 Å². The Hall–Kier alpha value is -2.64. The van der Waals surface area contributed by atoms with Crippen LogP contribution in [-0.4, -0.2) is 39.9 Å². The SMILES string of the molecule is COc1ccc(/C=C/C(=O)Oc2c(C)cccc2C)cc1S(=O)(=O)N(C)C. The Morgan fingerprint density at radius 1 is 1.07 bits per heavy atom. The fourth-order valence-corrected chi connectivity index (χ4v) is 3.54. The lowest BCUT2D eigenvalue weighted by Gasteiger charge is -2.15. The summed E-state index contributed by atoms with van der Waals surface area (Å²) in [5.74, 6) is 0.219. The lowest BCUT2D eigenvalue weighted by Crippen LogP contribution is -2.22. The molecule has 2 aromatic carbocycles. The van der Waals surface area contributed by atoms with Gasteiger partial charge in [-0.3, -0.25) is 0 Å². The molecule has 27 heavy (non-hydrogen) atoms. The standard InChI is InChI=1S/C20H23NO5S/c1-14-7-6-8-15(2)20(14)26-19(22)12-10-16-9-11-17(25-5)18(13-16)27(23,24)21(3)4/h6-13H,1-5H3/b12-10+. The minimum absolute atomic E-state index is 0.0280. The van der Waals surface area contributed by atoms with E-state index >= 15 is 0 Å². The number of esters is 1. The predicted octanol–water partition coefficient (Wildman–Crippen LogP) is 3.18. The van der Waals surface area contributed by atoms with Gasteiger partial charge in [-0.25, -0.2) is 17.5 Å². The number of methoxy groups -OCH3 is 1. The average Bonchev–Trinajstić information content (AvgIpc) is 2.62. The molecular weight excluding hydrogens is 366 g/mol. The van der Waals surface area contributed by atoms with Gasteiger partial charge < -0.3 is 9.47 Å². The molecule has 0 aliphatic carbocycles. The van der Waals surface area contributed by atoms with Crippen molar-refractivity contribution in [3.8, 4) is 11.5 Å². The molecule has 0 N–H and O–H groups in total. The van der Waals surface area contributed by atoms with Crippen LogP contribution in [0.2, 0.25) is 0 Å². The lowest BCUT2D eigenvalue weighted by molar-refractivity contribution is -0.129. The van der Waals surface area contributed by atoms with Crippen molar-refractivity contribution in [3.63, 3.8) is 0 Å². The molecule has 0 spiro atoms. The molecule has 0 amide bonds. The summed E-state index contributed by atoms with van der Waals surface area (Å²) in [4.78, 5) is 12.2. The van der Waals surface area contributed by atoms with Crippen molar-refractivity contribution in [2.75, 3.05) is 21.2 Å². The van der Waals surface area contributed by atoms with E-state index in [1.165, 1.54) is 39.4 Å². The molecule has 6 nitrogen and oxygen atoms in total. The number of sulfonamides is 1. The fraction of sp³-hybridized carbons (Fsp3) is 0.250. The largest absolute Gasteiger partial charge is 0.495 e. The van der Waals surface area contributed by atoms with E-state index in [9.17, 15) is 13.2 Å². The zero-order chi connectivity index (χ0) is 20.2. The first-order valence-corrected chi connectivity index (χ1v) is 9.67. The monoisotopic (exact) mass is 389 g/mol. The number of aryl methyl sites for hydroxylation is 2. The second-order valence-electron chi connectivity index (χ2n) is 6.17. The number of nitrogens with zero attached hydrogens (tertiary/aromatic N) is 1. The van der Waals surface area contributed by atoms with Crippen LogP contribution in [-0.2, 0) is 14.8 Å². The molecule has 2 rings (SSSR count). The highest BCUT2D eigenvalue weighted by atomic mass is 32.2. The van der Waals surface area contributed by atoms with Crippen molar-refractivity contribution in [2.24, 2.45) is 0 Å². The summed E-state index contributed by atoms with van der Waals surface area (Å²) in [6, 6.07) is 10.3. The van der Waals surface area contributed by atoms with Crippen LogP contribution in [0.4, 0.5) is 0 Å². The van der Waals surface area contributed by atoms with Crippen LogP contribution in [0.5, 0.6) is 11.5 Å². The molecule has 0 fully saturated rings. The van der Waals surface area contributed by atoms with Gasteiger partial charge in [-0.1, -0.05) is 24.3 Å². The molecule has 0 aliphatic heterocycles. The molecule has 0 radical (unpaired) electrons. The smallest absolute Gasteiger partial charge is 0.336 e.